The van der Waals surface area contributed by atoms with Crippen molar-refractivity contribution in [2.75, 3.05) is 74.0 Å². The van der Waals surface area contributed by atoms with Crippen molar-refractivity contribution in [2.24, 2.45) is 0 Å². The van der Waals surface area contributed by atoms with Crippen molar-refractivity contribution in [1.29, 1.82) is 0 Å². The Morgan fingerprint density at radius 3 is 0.617 bits per heavy atom. The molecule has 12 aromatic heterocycles. The zero-order chi connectivity index (χ0) is 94.2. The molecule has 18 unspecified atom stereocenters. The monoisotopic (exact) mass is 1990 g/mol. The molecule has 12 aromatic rings. The Morgan fingerprint density at radius 2 is 0.444 bits per heavy atom. The van der Waals surface area contributed by atoms with Gasteiger partial charge in [-0.2, -0.15) is 0 Å². The minimum absolute atomic E-state index is 0.00959. The van der Waals surface area contributed by atoms with Crippen LogP contribution in [0.25, 0.3) is 67.0 Å². The lowest BCUT2D eigenvalue weighted by molar-refractivity contribution is -0.242. The summed E-state index contributed by atoms with van der Waals surface area (Å²) in [5, 5.41) is 81.6. The summed E-state index contributed by atoms with van der Waals surface area (Å²) in [6.07, 6.45) is -38.2. The fourth-order valence-corrected chi connectivity index (χ4v) is 20.8. The van der Waals surface area contributed by atoms with Crippen LogP contribution in [0.2, 0.25) is 0 Å². The highest BCUT2D eigenvalue weighted by Gasteiger charge is 2.56. The predicted molar refractivity (Wildman–Crippen MR) is 412 cm³/mol. The molecule has 716 valence electrons. The Balaban J connectivity index is 0.585. The fraction of sp³-hybridized carbons (Fsp3) is 0.500. The van der Waals surface area contributed by atoms with Gasteiger partial charge in [-0.05, 0) is 0 Å². The number of ether oxygens (including phenoxy) is 6. The number of phosphoric ester groups is 6. The van der Waals surface area contributed by atoms with E-state index in [1.54, 1.807) is 0 Å². The number of imidazole rings is 6. The average Bonchev–Trinajstić information content (AvgIpc) is 1.63. The second-order valence-electron chi connectivity index (χ2n) is 29.6. The van der Waals surface area contributed by atoms with Gasteiger partial charge in [-0.3, -0.25) is 54.8 Å². The van der Waals surface area contributed by atoms with Crippen LogP contribution >= 0.6 is 46.9 Å². The molecule has 73 heteroatoms. The minimum atomic E-state index is -6.27. The zero-order valence-electron chi connectivity index (χ0n) is 66.3. The number of aromatic nitrogens is 24. The van der Waals surface area contributed by atoms with Crippen molar-refractivity contribution in [3.63, 3.8) is 0 Å². The van der Waals surface area contributed by atoms with Crippen molar-refractivity contribution in [3.8, 4) is 0 Å². The maximum atomic E-state index is 14.6. The number of fused-ring (bicyclic) bond motifs is 6. The normalized spacial score (nSPS) is 32.0. The van der Waals surface area contributed by atoms with Gasteiger partial charge in [0.2, 0.25) is 0 Å². The van der Waals surface area contributed by atoms with Crippen LogP contribution in [0.5, 0.6) is 0 Å². The van der Waals surface area contributed by atoms with Crippen LogP contribution in [0.4, 0.5) is 34.9 Å². The molecule has 133 heavy (non-hydrogen) atoms. The SMILES string of the molecule is Nc1ncnc2c1ncn2[C@@H]1O[C@H](COP(=O)([O-])OC2C(O)[C@H](n3cnc4c(N)ncnc43)O[C@@H]2COP(=O)([O-])OC2C(O)[C@H](n3cnc4c(N)ncnc43)O[C@@H]2COP(=O)([O-])OC2C(O)[C@H](n3cnc4c(N)ncnc43)O[C@@H]2COP(=O)([O-])OC2C(O)[C@H](n3cnc4c(N)ncnc43)O[C@@H]2COP(=O)([O-])OC2C(O)[C@H](n3cnc4c(N)ncnc43)O[C@@H]2CO)C(OP(=O)([O-])O)C1O. The topological polar surface area (TPSA) is 977 Å². The largest absolute Gasteiger partial charge is 0.756 e. The second kappa shape index (κ2) is 36.1. The quantitative estimate of drug-likeness (QED) is 0.0167. The lowest BCUT2D eigenvalue weighted by Gasteiger charge is -2.34. The molecule has 6 saturated heterocycles. The second-order valence-corrected chi connectivity index (χ2v) is 37.6. The number of nitrogens with zero attached hydrogens (tertiary/aromatic N) is 24. The first kappa shape index (κ1) is 93.6. The highest BCUT2D eigenvalue weighted by molar-refractivity contribution is 7.47. The van der Waals surface area contributed by atoms with Crippen molar-refractivity contribution >= 4 is 149 Å². The summed E-state index contributed by atoms with van der Waals surface area (Å²) in [5.41, 5.74) is 34.7. The maximum Gasteiger partial charge on any atom is 0.268 e. The summed E-state index contributed by atoms with van der Waals surface area (Å²) in [7, 11) is -36.4. The van der Waals surface area contributed by atoms with Crippen LogP contribution < -0.4 is 63.8 Å². The molecule has 6 fully saturated rings. The average molecular weight is 1990 g/mol. The van der Waals surface area contributed by atoms with Gasteiger partial charge in [0.15, 0.2) is 106 Å². The minimum Gasteiger partial charge on any atom is -0.756 e. The van der Waals surface area contributed by atoms with E-state index in [0.717, 1.165) is 103 Å². The standard InChI is InChI=1S/C60H74N30O37P6/c61-43-25-49(73-7-67-43)85(13-79-25)55-31(92)37(19(1-91)116-55)123-129(101,102)112-3-21-39(33(94)57(118-21)87-15-81-27-45(63)69-9-75-51(27)87)125-131(105,106)114-5-23-41(35(96)59(120-23)89-17-83-29-47(65)71-11-77-53(29)89)127-133(109,110)115-6-24-42(36(97)60(121-24)90-18-84-30-48(66)72-12-78-54(30)90)126-132(107,108)113-4-22-40(34(95)58(119-22)88-16-82-28-46(64)70-10-76-52(28)88)124-130(103,104)111-2-20-38(122-128(98,99)100)32(93)56(117-20)86-14-80-26-44(62)68-8-74-50(26)86/h7-24,31-42,55-60,91-97H,1-6H2,(H,101,102)(H,103,104)(H,105,106)(H,107,108)(H,109,110)(H2,61,67,73)(H2,62,68,74)(H2,63,69,75)(H2,64,70,76)(H2,65,71,77)(H2,66,72,78)(H2,98,99,100)/p-6/t19-,20-,21-,22-,23-,24-,31?,32?,33?,34?,35?,36?,37?,38?,39?,40?,41?,42?,55-,56-,57-,58-,59-,60-/m1/s1. The third-order valence-electron chi connectivity index (χ3n) is 21.5. The first-order valence-electron chi connectivity index (χ1n) is 38.2. The van der Waals surface area contributed by atoms with Crippen LogP contribution in [0, 0.1) is 0 Å². The molecule has 30 atom stereocenters. The number of anilines is 6. The van der Waals surface area contributed by atoms with E-state index in [0.29, 0.717) is 0 Å². The molecule has 0 bridgehead atoms. The van der Waals surface area contributed by atoms with E-state index in [4.69, 9.17) is 113 Å². The highest BCUT2D eigenvalue weighted by Crippen LogP contribution is 2.55. The Labute approximate surface area is 736 Å². The van der Waals surface area contributed by atoms with Gasteiger partial charge < -0.3 is 183 Å². The van der Waals surface area contributed by atoms with E-state index < -0.39 is 234 Å². The van der Waals surface area contributed by atoms with E-state index >= 15 is 0 Å². The van der Waals surface area contributed by atoms with Gasteiger partial charge in [0.1, 0.15) is 181 Å². The third-order valence-corrected chi connectivity index (χ3v) is 26.8. The number of aliphatic hydroxyl groups is 7. The van der Waals surface area contributed by atoms with Crippen LogP contribution in [-0.4, -0.2) is 307 Å². The molecule has 0 spiro atoms. The van der Waals surface area contributed by atoms with E-state index in [1.807, 2.05) is 0 Å². The summed E-state index contributed by atoms with van der Waals surface area (Å²) in [6.45, 7) is -8.07. The van der Waals surface area contributed by atoms with Crippen LogP contribution in [0.1, 0.15) is 37.4 Å². The number of hydrogen-bond acceptors (Lipinski definition) is 60. The molecule has 18 rings (SSSR count). The van der Waals surface area contributed by atoms with Crippen molar-refractivity contribution in [3.05, 3.63) is 75.9 Å². The smallest absolute Gasteiger partial charge is 0.268 e. The van der Waals surface area contributed by atoms with Crippen molar-refractivity contribution in [2.45, 2.75) is 147 Å². The molecule has 0 aliphatic carbocycles. The molecule has 6 aliphatic rings. The Morgan fingerprint density at radius 1 is 0.278 bits per heavy atom. The first-order valence-corrected chi connectivity index (χ1v) is 47.0. The zero-order valence-corrected chi connectivity index (χ0v) is 71.7. The summed E-state index contributed by atoms with van der Waals surface area (Å²) in [5.74, 6) is -1.12. The van der Waals surface area contributed by atoms with E-state index in [2.05, 4.69) is 89.7 Å². The van der Waals surface area contributed by atoms with Gasteiger partial charge in [0, 0.05) is 0 Å². The lowest BCUT2D eigenvalue weighted by atomic mass is 10.1. The summed E-state index contributed by atoms with van der Waals surface area (Å²) < 4.78 is 183. The molecule has 20 N–H and O–H groups in total. The Kier molecular flexibility index (Phi) is 25.4. The number of rotatable bonds is 34. The molecule has 0 aromatic carbocycles. The van der Waals surface area contributed by atoms with Crippen LogP contribution in [0.3, 0.4) is 0 Å². The van der Waals surface area contributed by atoms with Gasteiger partial charge in [-0.15, -0.1) is 0 Å². The van der Waals surface area contributed by atoms with E-state index in [-0.39, 0.29) is 102 Å². The molecule has 18 heterocycles. The molecule has 67 nitrogen and oxygen atoms in total. The van der Waals surface area contributed by atoms with Gasteiger partial charge in [-0.25, -0.2) is 89.7 Å². The summed E-state index contributed by atoms with van der Waals surface area (Å²) in [4.78, 5) is 166. The molecule has 6 aliphatic heterocycles. The van der Waals surface area contributed by atoms with E-state index in [1.165, 1.54) is 0 Å². The number of nitrogens with two attached hydrogens (primary N) is 6. The predicted octanol–water partition coefficient (Wildman–Crippen LogP) is -9.74. The fourth-order valence-electron chi connectivity index (χ4n) is 15.5. The molecule has 0 saturated carbocycles. The van der Waals surface area contributed by atoms with Crippen molar-refractivity contribution < 1.29 is 176 Å². The number of hydrogen-bond donors (Lipinski definition) is 14. The molecule has 0 amide bonds. The van der Waals surface area contributed by atoms with Gasteiger partial charge in [0.25, 0.3) is 46.9 Å². The molecular formula is C60H68N30O37P6-6. The first-order chi connectivity index (χ1) is 63.1. The summed E-state index contributed by atoms with van der Waals surface area (Å²) in [6, 6.07) is 0. The molecule has 0 radical (unpaired) electrons. The number of aliphatic hydroxyl groups excluding tert-OH is 7. The van der Waals surface area contributed by atoms with Gasteiger partial charge in [0.05, 0.1) is 77.6 Å². The number of phosphoric acid groups is 6. The van der Waals surface area contributed by atoms with Crippen LogP contribution in [-0.2, 0) is 106 Å². The Bertz CT molecular complexity index is 6680. The lowest BCUT2D eigenvalue weighted by Crippen LogP contribution is -2.40. The van der Waals surface area contributed by atoms with Gasteiger partial charge in [-0.1, -0.05) is 0 Å². The van der Waals surface area contributed by atoms with E-state index in [9.17, 15) is 97.4 Å². The molecular weight excluding hydrogens is 1920 g/mol. The highest BCUT2D eigenvalue weighted by atomic mass is 31.2. The third kappa shape index (κ3) is 18.4. The Hall–Kier alpha value is -9.76. The van der Waals surface area contributed by atoms with Gasteiger partial charge >= 0.3 is 0 Å². The van der Waals surface area contributed by atoms with Crippen LogP contribution in [0.15, 0.2) is 75.9 Å². The number of nitrogen functional groups attached to an aromatic ring is 6. The summed E-state index contributed by atoms with van der Waals surface area (Å²) >= 11 is 0. The maximum absolute atomic E-state index is 14.6. The van der Waals surface area contributed by atoms with Crippen molar-refractivity contribution in [1.82, 2.24) is 117 Å².